The van der Waals surface area contributed by atoms with Gasteiger partial charge in [0.15, 0.2) is 0 Å². The predicted octanol–water partition coefficient (Wildman–Crippen LogP) is 5.60. The Hall–Kier alpha value is -3.09. The second-order valence-electron chi connectivity index (χ2n) is 9.08. The largest absolute Gasteiger partial charge is 0.494 e. The molecule has 0 fully saturated rings. The summed E-state index contributed by atoms with van der Waals surface area (Å²) in [5.41, 5.74) is 2.29. The monoisotopic (exact) mass is 462 g/mol. The van der Waals surface area contributed by atoms with Crippen LogP contribution >= 0.6 is 0 Å². The van der Waals surface area contributed by atoms with Gasteiger partial charge in [-0.25, -0.2) is 8.42 Å². The molecule has 1 N–H and O–H groups in total. The van der Waals surface area contributed by atoms with Crippen molar-refractivity contribution in [2.24, 2.45) is 0 Å². The van der Waals surface area contributed by atoms with E-state index in [1.807, 2.05) is 65.3 Å². The predicted molar refractivity (Wildman–Crippen MR) is 133 cm³/mol. The van der Waals surface area contributed by atoms with Gasteiger partial charge in [-0.1, -0.05) is 36.4 Å². The summed E-state index contributed by atoms with van der Waals surface area (Å²) in [4.78, 5) is 0.564. The van der Waals surface area contributed by atoms with E-state index < -0.39 is 9.84 Å². The fourth-order valence-corrected chi connectivity index (χ4v) is 5.40. The van der Waals surface area contributed by atoms with Gasteiger partial charge < -0.3 is 14.5 Å². The summed E-state index contributed by atoms with van der Waals surface area (Å²) < 4.78 is 35.2. The number of sulfone groups is 1. The fraction of sp³-hybridized carbons (Fsp3) is 0.259. The van der Waals surface area contributed by atoms with Gasteiger partial charge in [0, 0.05) is 23.5 Å². The van der Waals surface area contributed by atoms with E-state index in [9.17, 15) is 8.42 Å². The number of hydrogen-bond donors (Lipinski definition) is 1. The topological polar surface area (TPSA) is 59.8 Å². The van der Waals surface area contributed by atoms with Gasteiger partial charge in [0.1, 0.15) is 10.6 Å². The van der Waals surface area contributed by atoms with Crippen LogP contribution in [0.2, 0.25) is 0 Å². The molecule has 0 spiro atoms. The van der Waals surface area contributed by atoms with Crippen molar-refractivity contribution < 1.29 is 13.2 Å². The Labute approximate surface area is 196 Å². The summed E-state index contributed by atoms with van der Waals surface area (Å²) in [6.07, 6.45) is 4.61. The van der Waals surface area contributed by atoms with Crippen LogP contribution in [0.25, 0.3) is 16.6 Å². The van der Waals surface area contributed by atoms with Crippen LogP contribution in [-0.4, -0.2) is 31.5 Å². The maximum absolute atomic E-state index is 13.7. The first-order valence-electron chi connectivity index (χ1n) is 11.1. The zero-order valence-electron chi connectivity index (χ0n) is 19.3. The quantitative estimate of drug-likeness (QED) is 0.347. The van der Waals surface area contributed by atoms with Gasteiger partial charge >= 0.3 is 0 Å². The molecule has 0 saturated carbocycles. The molecule has 0 unspecified atom stereocenters. The molecule has 0 aliphatic carbocycles. The Morgan fingerprint density at radius 3 is 2.30 bits per heavy atom. The van der Waals surface area contributed by atoms with E-state index in [2.05, 4.69) is 26.1 Å². The lowest BCUT2D eigenvalue weighted by Gasteiger charge is -2.20. The van der Waals surface area contributed by atoms with E-state index in [4.69, 9.17) is 4.74 Å². The average Bonchev–Trinajstić information content (AvgIpc) is 3.19. The number of rotatable bonds is 8. The molecule has 6 heteroatoms. The molecule has 0 aliphatic heterocycles. The highest BCUT2D eigenvalue weighted by molar-refractivity contribution is 7.91. The number of fused-ring (bicyclic) bond motifs is 1. The Balaban J connectivity index is 1.59. The first kappa shape index (κ1) is 23.1. The van der Waals surface area contributed by atoms with Crippen LogP contribution in [0.3, 0.4) is 0 Å². The van der Waals surface area contributed by atoms with Gasteiger partial charge in [0.05, 0.1) is 17.0 Å². The fourth-order valence-electron chi connectivity index (χ4n) is 3.76. The van der Waals surface area contributed by atoms with Gasteiger partial charge in [-0.2, -0.15) is 0 Å². The van der Waals surface area contributed by atoms with Gasteiger partial charge in [0.2, 0.25) is 9.84 Å². The molecule has 172 valence electrons. The third-order valence-electron chi connectivity index (χ3n) is 5.37. The maximum Gasteiger partial charge on any atom is 0.209 e. The van der Waals surface area contributed by atoms with Crippen molar-refractivity contribution in [3.8, 4) is 16.9 Å². The minimum absolute atomic E-state index is 0.0812. The molecular formula is C27H30N2O3S. The summed E-state index contributed by atoms with van der Waals surface area (Å²) in [7, 11) is -3.75. The molecule has 0 radical (unpaired) electrons. The number of nitrogens with one attached hydrogen (secondary N) is 1. The highest BCUT2D eigenvalue weighted by atomic mass is 32.2. The van der Waals surface area contributed by atoms with Crippen molar-refractivity contribution in [2.75, 3.05) is 13.2 Å². The van der Waals surface area contributed by atoms with E-state index in [0.717, 1.165) is 18.5 Å². The molecule has 0 bridgehead atoms. The van der Waals surface area contributed by atoms with Gasteiger partial charge in [-0.15, -0.1) is 0 Å². The Bertz CT molecular complexity index is 1320. The summed E-state index contributed by atoms with van der Waals surface area (Å²) in [5.74, 6) is 0.662. The lowest BCUT2D eigenvalue weighted by Crippen LogP contribution is -2.36. The third-order valence-corrected chi connectivity index (χ3v) is 7.23. The van der Waals surface area contributed by atoms with Crippen LogP contribution in [0.5, 0.6) is 5.75 Å². The average molecular weight is 463 g/mol. The molecule has 0 aliphatic rings. The lowest BCUT2D eigenvalue weighted by atomic mass is 10.1. The number of pyridine rings is 1. The van der Waals surface area contributed by atoms with E-state index in [-0.39, 0.29) is 10.4 Å². The maximum atomic E-state index is 13.7. The lowest BCUT2D eigenvalue weighted by molar-refractivity contribution is 0.298. The molecular weight excluding hydrogens is 432 g/mol. The molecule has 4 rings (SSSR count). The van der Waals surface area contributed by atoms with Crippen molar-refractivity contribution in [2.45, 2.75) is 42.5 Å². The molecule has 0 saturated heterocycles. The highest BCUT2D eigenvalue weighted by Gasteiger charge is 2.26. The Morgan fingerprint density at radius 2 is 1.61 bits per heavy atom. The van der Waals surface area contributed by atoms with Crippen LogP contribution in [0, 0.1) is 0 Å². The van der Waals surface area contributed by atoms with E-state index in [0.29, 0.717) is 28.3 Å². The third kappa shape index (κ3) is 5.29. The van der Waals surface area contributed by atoms with Crippen molar-refractivity contribution >= 4 is 15.4 Å². The summed E-state index contributed by atoms with van der Waals surface area (Å²) in [5, 5.41) is 3.42. The molecule has 5 nitrogen and oxygen atoms in total. The minimum atomic E-state index is -3.75. The van der Waals surface area contributed by atoms with Crippen LogP contribution in [0.15, 0.2) is 95.0 Å². The van der Waals surface area contributed by atoms with Crippen LogP contribution in [0.4, 0.5) is 0 Å². The van der Waals surface area contributed by atoms with E-state index >= 15 is 0 Å². The molecule has 0 atom stereocenters. The van der Waals surface area contributed by atoms with Gasteiger partial charge in [-0.05, 0) is 75.7 Å². The SMILES string of the molecule is CC(C)(C)NCCCOc1ccc(S(=O)(=O)c2c(-c3ccccc3)cn3ccccc23)cc1. The van der Waals surface area contributed by atoms with E-state index in [1.54, 1.807) is 24.3 Å². The number of hydrogen-bond acceptors (Lipinski definition) is 4. The number of benzene rings is 2. The zero-order chi connectivity index (χ0) is 23.5. The van der Waals surface area contributed by atoms with Gasteiger partial charge in [0.25, 0.3) is 0 Å². The zero-order valence-corrected chi connectivity index (χ0v) is 20.1. The summed E-state index contributed by atoms with van der Waals surface area (Å²) in [6.45, 7) is 7.82. The molecule has 4 aromatic rings. The Kier molecular flexibility index (Phi) is 6.58. The van der Waals surface area contributed by atoms with Crippen molar-refractivity contribution in [1.82, 2.24) is 9.72 Å². The smallest absolute Gasteiger partial charge is 0.209 e. The molecule has 2 heterocycles. The van der Waals surface area contributed by atoms with Crippen LogP contribution in [0.1, 0.15) is 27.2 Å². The molecule has 0 amide bonds. The second-order valence-corrected chi connectivity index (χ2v) is 11.0. The van der Waals surface area contributed by atoms with Gasteiger partial charge in [-0.3, -0.25) is 0 Å². The molecule has 33 heavy (non-hydrogen) atoms. The summed E-state index contributed by atoms with van der Waals surface area (Å²) in [6, 6.07) is 21.9. The van der Waals surface area contributed by atoms with Crippen molar-refractivity contribution in [1.29, 1.82) is 0 Å². The second kappa shape index (κ2) is 9.41. The molecule has 2 aromatic carbocycles. The first-order valence-corrected chi connectivity index (χ1v) is 12.6. The van der Waals surface area contributed by atoms with E-state index in [1.165, 1.54) is 0 Å². The normalized spacial score (nSPS) is 12.2. The minimum Gasteiger partial charge on any atom is -0.494 e. The number of nitrogens with zero attached hydrogens (tertiary/aromatic N) is 1. The van der Waals surface area contributed by atoms with Crippen molar-refractivity contribution in [3.05, 3.63) is 85.2 Å². The van der Waals surface area contributed by atoms with Crippen molar-refractivity contribution in [3.63, 3.8) is 0 Å². The van der Waals surface area contributed by atoms with Crippen LogP contribution in [-0.2, 0) is 9.84 Å². The standard InChI is InChI=1S/C27H30N2O3S/c1-27(2,3)28-17-9-19-32-22-13-15-23(16-14-22)33(30,31)26-24(21-10-5-4-6-11-21)20-29-18-8-7-12-25(26)29/h4-8,10-16,18,20,28H,9,17,19H2,1-3H3. The Morgan fingerprint density at radius 1 is 0.909 bits per heavy atom. The number of ether oxygens (including phenoxy) is 1. The first-order chi connectivity index (χ1) is 15.8. The summed E-state index contributed by atoms with van der Waals surface area (Å²) >= 11 is 0. The number of aromatic nitrogens is 1. The van der Waals surface area contributed by atoms with Crippen LogP contribution < -0.4 is 10.1 Å². The highest BCUT2D eigenvalue weighted by Crippen LogP contribution is 2.36. The molecule has 2 aromatic heterocycles.